The Labute approximate surface area is 114 Å². The number of hydrogen-bond acceptors (Lipinski definition) is 3. The van der Waals surface area contributed by atoms with Gasteiger partial charge in [-0.1, -0.05) is 18.2 Å². The fourth-order valence-electron chi connectivity index (χ4n) is 2.38. The molecule has 1 atom stereocenters. The van der Waals surface area contributed by atoms with Crippen molar-refractivity contribution >= 4 is 10.9 Å². The minimum absolute atomic E-state index is 0.152. The molecule has 19 heavy (non-hydrogen) atoms. The van der Waals surface area contributed by atoms with Gasteiger partial charge in [0.2, 0.25) is 0 Å². The van der Waals surface area contributed by atoms with E-state index in [1.165, 1.54) is 10.9 Å². The number of fused-ring (bicyclic) bond motifs is 1. The van der Waals surface area contributed by atoms with Crippen molar-refractivity contribution in [1.29, 1.82) is 0 Å². The average molecular weight is 261 g/mol. The van der Waals surface area contributed by atoms with E-state index in [0.717, 1.165) is 38.2 Å². The van der Waals surface area contributed by atoms with E-state index in [0.29, 0.717) is 0 Å². The van der Waals surface area contributed by atoms with E-state index in [-0.39, 0.29) is 6.04 Å². The molecule has 0 spiro atoms. The molecule has 1 aromatic heterocycles. The summed E-state index contributed by atoms with van der Waals surface area (Å²) in [6.07, 6.45) is 2.82. The summed E-state index contributed by atoms with van der Waals surface area (Å²) in [6, 6.07) is 8.44. The van der Waals surface area contributed by atoms with Crippen molar-refractivity contribution in [3.63, 3.8) is 0 Å². The number of para-hydroxylation sites is 1. The number of aromatic nitrogens is 2. The summed E-state index contributed by atoms with van der Waals surface area (Å²) in [5.74, 6) is 0. The Kier molecular flexibility index (Phi) is 4.93. The molecular weight excluding hydrogens is 238 g/mol. The van der Waals surface area contributed by atoms with Crippen LogP contribution >= 0.6 is 0 Å². The van der Waals surface area contributed by atoms with Gasteiger partial charge in [-0.25, -0.2) is 0 Å². The molecule has 4 heteroatoms. The highest BCUT2D eigenvalue weighted by Crippen LogP contribution is 2.19. The minimum Gasteiger partial charge on any atom is -0.382 e. The third-order valence-corrected chi connectivity index (χ3v) is 3.36. The molecular formula is C15H23N3O. The van der Waals surface area contributed by atoms with Crippen molar-refractivity contribution in [2.75, 3.05) is 13.2 Å². The van der Waals surface area contributed by atoms with Crippen LogP contribution in [0.5, 0.6) is 0 Å². The molecule has 0 amide bonds. The Morgan fingerprint density at radius 2 is 2.16 bits per heavy atom. The van der Waals surface area contributed by atoms with Crippen LogP contribution in [-0.4, -0.2) is 29.0 Å². The van der Waals surface area contributed by atoms with Crippen LogP contribution in [0.3, 0.4) is 0 Å². The molecule has 1 aromatic carbocycles. The van der Waals surface area contributed by atoms with E-state index >= 15 is 0 Å². The van der Waals surface area contributed by atoms with Gasteiger partial charge < -0.3 is 10.5 Å². The zero-order valence-electron chi connectivity index (χ0n) is 11.8. The predicted octanol–water partition coefficient (Wildman–Crippen LogP) is 2.26. The zero-order chi connectivity index (χ0) is 13.7. The van der Waals surface area contributed by atoms with Gasteiger partial charge >= 0.3 is 0 Å². The van der Waals surface area contributed by atoms with E-state index in [1.807, 2.05) is 30.8 Å². The lowest BCUT2D eigenvalue weighted by atomic mass is 10.0. The maximum atomic E-state index is 6.18. The third-order valence-electron chi connectivity index (χ3n) is 3.36. The Balaban J connectivity index is 1.97. The summed E-state index contributed by atoms with van der Waals surface area (Å²) in [5.41, 5.74) is 8.45. The van der Waals surface area contributed by atoms with Crippen LogP contribution in [0.25, 0.3) is 10.9 Å². The van der Waals surface area contributed by atoms with Gasteiger partial charge in [-0.15, -0.1) is 0 Å². The van der Waals surface area contributed by atoms with Crippen LogP contribution < -0.4 is 5.73 Å². The molecule has 0 radical (unpaired) electrons. The Bertz CT molecular complexity index is 521. The van der Waals surface area contributed by atoms with Gasteiger partial charge in [0.15, 0.2) is 0 Å². The van der Waals surface area contributed by atoms with Crippen molar-refractivity contribution < 1.29 is 4.74 Å². The highest BCUT2D eigenvalue weighted by atomic mass is 16.5. The van der Waals surface area contributed by atoms with Crippen LogP contribution in [-0.2, 0) is 18.2 Å². The van der Waals surface area contributed by atoms with Gasteiger partial charge in [0.1, 0.15) is 0 Å². The van der Waals surface area contributed by atoms with E-state index in [2.05, 4.69) is 17.2 Å². The molecule has 0 bridgehead atoms. The number of ether oxygens (including phenoxy) is 1. The number of benzene rings is 1. The van der Waals surface area contributed by atoms with Crippen molar-refractivity contribution in [3.05, 3.63) is 30.0 Å². The summed E-state index contributed by atoms with van der Waals surface area (Å²) in [7, 11) is 1.98. The van der Waals surface area contributed by atoms with Crippen molar-refractivity contribution in [3.8, 4) is 0 Å². The largest absolute Gasteiger partial charge is 0.382 e. The standard InChI is InChI=1S/C15H23N3O/c1-3-19-10-6-7-12(16)11-14-13-8-4-5-9-15(13)18(2)17-14/h4-5,8-9,12H,3,6-7,10-11,16H2,1-2H3. The lowest BCUT2D eigenvalue weighted by Crippen LogP contribution is -2.23. The fourth-order valence-corrected chi connectivity index (χ4v) is 2.38. The second-order valence-electron chi connectivity index (χ2n) is 4.89. The molecule has 1 heterocycles. The van der Waals surface area contributed by atoms with Gasteiger partial charge in [0, 0.05) is 38.1 Å². The summed E-state index contributed by atoms with van der Waals surface area (Å²) in [6.45, 7) is 3.59. The first-order chi connectivity index (χ1) is 9.22. The van der Waals surface area contributed by atoms with Crippen LogP contribution in [0.4, 0.5) is 0 Å². The van der Waals surface area contributed by atoms with Crippen LogP contribution in [0.15, 0.2) is 24.3 Å². The molecule has 0 fully saturated rings. The number of rotatable bonds is 7. The summed E-state index contributed by atoms with van der Waals surface area (Å²) >= 11 is 0. The number of nitrogens with zero attached hydrogens (tertiary/aromatic N) is 2. The molecule has 0 aliphatic rings. The molecule has 1 unspecified atom stereocenters. The van der Waals surface area contributed by atoms with Crippen LogP contribution in [0.1, 0.15) is 25.5 Å². The fraction of sp³-hybridized carbons (Fsp3) is 0.533. The molecule has 2 rings (SSSR count). The van der Waals surface area contributed by atoms with Crippen LogP contribution in [0.2, 0.25) is 0 Å². The Morgan fingerprint density at radius 1 is 1.37 bits per heavy atom. The first-order valence-electron chi connectivity index (χ1n) is 6.96. The van der Waals surface area contributed by atoms with Gasteiger partial charge in [-0.05, 0) is 25.8 Å². The number of hydrogen-bond donors (Lipinski definition) is 1. The first kappa shape index (κ1) is 14.0. The second kappa shape index (κ2) is 6.68. The first-order valence-corrected chi connectivity index (χ1v) is 6.96. The summed E-state index contributed by atoms with van der Waals surface area (Å²) < 4.78 is 7.26. The van der Waals surface area contributed by atoms with Gasteiger partial charge in [0.25, 0.3) is 0 Å². The molecule has 104 valence electrons. The lowest BCUT2D eigenvalue weighted by Gasteiger charge is -2.10. The van der Waals surface area contributed by atoms with Crippen LogP contribution in [0, 0.1) is 0 Å². The minimum atomic E-state index is 0.152. The van der Waals surface area contributed by atoms with E-state index < -0.39 is 0 Å². The quantitative estimate of drug-likeness (QED) is 0.778. The van der Waals surface area contributed by atoms with E-state index in [9.17, 15) is 0 Å². The van der Waals surface area contributed by atoms with Crippen molar-refractivity contribution in [2.24, 2.45) is 12.8 Å². The molecule has 2 N–H and O–H groups in total. The predicted molar refractivity (Wildman–Crippen MR) is 78.1 cm³/mol. The van der Waals surface area contributed by atoms with Gasteiger partial charge in [-0.2, -0.15) is 5.10 Å². The maximum Gasteiger partial charge on any atom is 0.0718 e. The topological polar surface area (TPSA) is 53.1 Å². The second-order valence-corrected chi connectivity index (χ2v) is 4.89. The molecule has 2 aromatic rings. The highest BCUT2D eigenvalue weighted by Gasteiger charge is 2.11. The molecule has 4 nitrogen and oxygen atoms in total. The molecule has 0 aliphatic heterocycles. The smallest absolute Gasteiger partial charge is 0.0718 e. The lowest BCUT2D eigenvalue weighted by molar-refractivity contribution is 0.142. The Morgan fingerprint density at radius 3 is 2.95 bits per heavy atom. The summed E-state index contributed by atoms with van der Waals surface area (Å²) in [4.78, 5) is 0. The monoisotopic (exact) mass is 261 g/mol. The van der Waals surface area contributed by atoms with Gasteiger partial charge in [-0.3, -0.25) is 4.68 Å². The average Bonchev–Trinajstić information content (AvgIpc) is 2.72. The number of nitrogens with two attached hydrogens (primary N) is 1. The Hall–Kier alpha value is -1.39. The maximum absolute atomic E-state index is 6.18. The van der Waals surface area contributed by atoms with Gasteiger partial charge in [0.05, 0.1) is 11.2 Å². The van der Waals surface area contributed by atoms with E-state index in [1.54, 1.807) is 0 Å². The molecule has 0 saturated heterocycles. The normalized spacial score (nSPS) is 13.0. The number of aryl methyl sites for hydroxylation is 1. The SMILES string of the molecule is CCOCCCC(N)Cc1nn(C)c2ccccc12. The molecule has 0 aliphatic carbocycles. The highest BCUT2D eigenvalue weighted by molar-refractivity contribution is 5.81. The molecule has 0 saturated carbocycles. The van der Waals surface area contributed by atoms with Crippen molar-refractivity contribution in [2.45, 2.75) is 32.2 Å². The zero-order valence-corrected chi connectivity index (χ0v) is 11.8. The third kappa shape index (κ3) is 3.55. The van der Waals surface area contributed by atoms with E-state index in [4.69, 9.17) is 10.5 Å². The van der Waals surface area contributed by atoms with Crippen molar-refractivity contribution in [1.82, 2.24) is 9.78 Å². The summed E-state index contributed by atoms with van der Waals surface area (Å²) in [5, 5.41) is 5.79.